The number of aliphatic hydroxyl groups is 1. The van der Waals surface area contributed by atoms with Crippen molar-refractivity contribution in [2.24, 2.45) is 0 Å². The van der Waals surface area contributed by atoms with Crippen LogP contribution in [0, 0.1) is 0 Å². The van der Waals surface area contributed by atoms with E-state index in [2.05, 4.69) is 5.32 Å². The van der Waals surface area contributed by atoms with Crippen molar-refractivity contribution in [2.75, 3.05) is 6.54 Å². The Balaban J connectivity index is 3.78. The predicted octanol–water partition coefficient (Wildman–Crippen LogP) is -0.506. The minimum Gasteiger partial charge on any atom is -0.444 e. The van der Waals surface area contributed by atoms with Crippen LogP contribution in [0.25, 0.3) is 0 Å². The summed E-state index contributed by atoms with van der Waals surface area (Å²) in [6.07, 6.45) is -0.665. The van der Waals surface area contributed by atoms with Crippen molar-refractivity contribution in [3.05, 3.63) is 0 Å². The molecule has 0 spiro atoms. The zero-order valence-electron chi connectivity index (χ0n) is 8.13. The van der Waals surface area contributed by atoms with E-state index in [-0.39, 0.29) is 6.54 Å². The molecule has 6 heteroatoms. The van der Waals surface area contributed by atoms with E-state index in [1.165, 1.54) is 0 Å². The van der Waals surface area contributed by atoms with Gasteiger partial charge in [-0.25, -0.2) is 4.79 Å². The molecule has 70 valence electrons. The van der Waals surface area contributed by atoms with Crippen LogP contribution in [0.5, 0.6) is 0 Å². The Kier molecular flexibility index (Phi) is 3.85. The highest BCUT2D eigenvalue weighted by Crippen LogP contribution is 2.06. The van der Waals surface area contributed by atoms with E-state index in [9.17, 15) is 4.79 Å². The Morgan fingerprint density at radius 2 is 1.92 bits per heavy atom. The minimum atomic E-state index is -1.91. The summed E-state index contributed by atoms with van der Waals surface area (Å²) in [7, 11) is 10.0. The molecule has 0 rings (SSSR count). The second-order valence-corrected chi connectivity index (χ2v) is 3.85. The molecular weight excluding hydrogens is 168 g/mol. The Morgan fingerprint density at radius 3 is 2.23 bits per heavy atom. The van der Waals surface area contributed by atoms with Gasteiger partial charge in [0.1, 0.15) is 21.3 Å². The number of carbonyl (C=O) groups excluding carboxylic acids is 1. The first-order valence-corrected chi connectivity index (χ1v) is 3.87. The number of nitrogens with one attached hydrogen (secondary N) is 1. The third-order valence-corrected chi connectivity index (χ3v) is 0.915. The van der Waals surface area contributed by atoms with Crippen LogP contribution in [0.15, 0.2) is 0 Å². The molecule has 13 heavy (non-hydrogen) atoms. The molecule has 0 saturated carbocycles. The van der Waals surface area contributed by atoms with Crippen molar-refractivity contribution in [1.82, 2.24) is 5.32 Å². The SMILES string of the molecule is [B]C([B])(O)CNC(=O)OC(C)(C)C. The molecule has 2 N–H and O–H groups in total. The first-order valence-electron chi connectivity index (χ1n) is 3.87. The van der Waals surface area contributed by atoms with E-state index in [0.29, 0.717) is 0 Å². The summed E-state index contributed by atoms with van der Waals surface area (Å²) >= 11 is 0. The second-order valence-electron chi connectivity index (χ2n) is 3.85. The molecule has 0 aromatic carbocycles. The van der Waals surface area contributed by atoms with Gasteiger partial charge in [0, 0.05) is 11.9 Å². The summed E-state index contributed by atoms with van der Waals surface area (Å²) < 4.78 is 4.86. The topological polar surface area (TPSA) is 58.6 Å². The summed E-state index contributed by atoms with van der Waals surface area (Å²) in [5.74, 6) is 0. The number of rotatable bonds is 2. The summed E-state index contributed by atoms with van der Waals surface area (Å²) in [6.45, 7) is 4.92. The lowest BCUT2D eigenvalue weighted by atomic mass is 9.65. The largest absolute Gasteiger partial charge is 0.444 e. The third-order valence-electron chi connectivity index (χ3n) is 0.915. The zero-order chi connectivity index (χ0) is 10.7. The van der Waals surface area contributed by atoms with Crippen LogP contribution in [0.3, 0.4) is 0 Å². The molecule has 0 heterocycles. The van der Waals surface area contributed by atoms with Gasteiger partial charge in [-0.1, -0.05) is 0 Å². The van der Waals surface area contributed by atoms with Crippen LogP contribution in [-0.2, 0) is 4.74 Å². The van der Waals surface area contributed by atoms with Crippen molar-refractivity contribution >= 4 is 21.8 Å². The van der Waals surface area contributed by atoms with Gasteiger partial charge in [0.2, 0.25) is 0 Å². The maximum Gasteiger partial charge on any atom is 0.407 e. The van der Waals surface area contributed by atoms with Crippen molar-refractivity contribution in [2.45, 2.75) is 31.8 Å². The smallest absolute Gasteiger partial charge is 0.407 e. The molecule has 0 aromatic rings. The molecule has 0 unspecified atom stereocenters. The van der Waals surface area contributed by atoms with Gasteiger partial charge in [0.15, 0.2) is 0 Å². The average molecular weight is 181 g/mol. The van der Waals surface area contributed by atoms with Crippen LogP contribution >= 0.6 is 0 Å². The molecule has 4 nitrogen and oxygen atoms in total. The molecule has 0 atom stereocenters. The standard InChI is InChI=1S/C7H13B2NO3/c1-6(2,3)13-5(11)10-4-7(8,9)12/h12H,4H2,1-3H3,(H,10,11). The van der Waals surface area contributed by atoms with E-state index in [4.69, 9.17) is 25.5 Å². The Hall–Kier alpha value is -0.640. The van der Waals surface area contributed by atoms with Crippen LogP contribution in [-0.4, -0.2) is 44.4 Å². The average Bonchev–Trinajstić information content (AvgIpc) is 1.78. The summed E-state index contributed by atoms with van der Waals surface area (Å²) in [4.78, 5) is 10.9. The fraction of sp³-hybridized carbons (Fsp3) is 0.857. The van der Waals surface area contributed by atoms with Gasteiger partial charge in [0.25, 0.3) is 0 Å². The first-order chi connectivity index (χ1) is 5.60. The van der Waals surface area contributed by atoms with Gasteiger partial charge in [-0.2, -0.15) is 0 Å². The highest BCUT2D eigenvalue weighted by atomic mass is 16.6. The molecule has 4 radical (unpaired) electrons. The number of carbonyl (C=O) groups is 1. The molecule has 0 fully saturated rings. The Labute approximate surface area is 80.9 Å². The normalized spacial score (nSPS) is 12.3. The van der Waals surface area contributed by atoms with E-state index < -0.39 is 17.1 Å². The minimum absolute atomic E-state index is 0.262. The number of amides is 1. The monoisotopic (exact) mass is 181 g/mol. The maximum atomic E-state index is 10.9. The molecule has 0 aliphatic carbocycles. The van der Waals surface area contributed by atoms with E-state index >= 15 is 0 Å². The lowest BCUT2D eigenvalue weighted by molar-refractivity contribution is 0.0502. The van der Waals surface area contributed by atoms with E-state index in [1.807, 2.05) is 0 Å². The van der Waals surface area contributed by atoms with Gasteiger partial charge >= 0.3 is 6.09 Å². The maximum absolute atomic E-state index is 10.9. The summed E-state index contributed by atoms with van der Waals surface area (Å²) in [5.41, 5.74) is -0.578. The quantitative estimate of drug-likeness (QED) is 0.564. The molecule has 0 aliphatic heterocycles. The highest BCUT2D eigenvalue weighted by molar-refractivity contribution is 6.39. The second kappa shape index (κ2) is 4.05. The van der Waals surface area contributed by atoms with Gasteiger partial charge < -0.3 is 15.2 Å². The zero-order valence-corrected chi connectivity index (χ0v) is 8.13. The van der Waals surface area contributed by atoms with Crippen LogP contribution in [0.4, 0.5) is 4.79 Å². The lowest BCUT2D eigenvalue weighted by Gasteiger charge is -2.23. The van der Waals surface area contributed by atoms with E-state index in [0.717, 1.165) is 0 Å². The van der Waals surface area contributed by atoms with Crippen LogP contribution in [0.2, 0.25) is 0 Å². The molecular formula is C7H13B2NO3. The Bertz CT molecular complexity index is 183. The van der Waals surface area contributed by atoms with E-state index in [1.54, 1.807) is 20.8 Å². The van der Waals surface area contributed by atoms with Crippen molar-refractivity contribution < 1.29 is 14.6 Å². The fourth-order valence-corrected chi connectivity index (χ4v) is 0.528. The predicted molar refractivity (Wildman–Crippen MR) is 50.7 cm³/mol. The molecule has 0 aliphatic rings. The number of hydrogen-bond donors (Lipinski definition) is 2. The van der Waals surface area contributed by atoms with Crippen molar-refractivity contribution in [3.8, 4) is 0 Å². The van der Waals surface area contributed by atoms with Crippen LogP contribution < -0.4 is 5.32 Å². The van der Waals surface area contributed by atoms with Gasteiger partial charge in [0.05, 0.1) is 0 Å². The molecule has 0 saturated heterocycles. The molecule has 0 bridgehead atoms. The highest BCUT2D eigenvalue weighted by Gasteiger charge is 2.18. The van der Waals surface area contributed by atoms with Gasteiger partial charge in [-0.3, -0.25) is 0 Å². The summed E-state index contributed by atoms with van der Waals surface area (Å²) in [6, 6.07) is 0. The summed E-state index contributed by atoms with van der Waals surface area (Å²) in [5, 5.41) is 9.16. The lowest BCUT2D eigenvalue weighted by Crippen LogP contribution is -2.45. The molecule has 1 amide bonds. The number of ether oxygens (including phenoxy) is 1. The van der Waals surface area contributed by atoms with Gasteiger partial charge in [-0.05, 0) is 20.8 Å². The Morgan fingerprint density at radius 1 is 1.46 bits per heavy atom. The molecule has 0 aromatic heterocycles. The fourth-order valence-electron chi connectivity index (χ4n) is 0.528. The third kappa shape index (κ3) is 9.27. The van der Waals surface area contributed by atoms with Crippen molar-refractivity contribution in [3.63, 3.8) is 0 Å². The first kappa shape index (κ1) is 12.4. The van der Waals surface area contributed by atoms with Crippen molar-refractivity contribution in [1.29, 1.82) is 0 Å². The number of alkyl carbamates (subject to hydrolysis) is 1. The number of hydrogen-bond acceptors (Lipinski definition) is 3. The van der Waals surface area contributed by atoms with Crippen LogP contribution in [0.1, 0.15) is 20.8 Å². The van der Waals surface area contributed by atoms with Gasteiger partial charge in [-0.15, -0.1) is 0 Å².